The Kier molecular flexibility index (Phi) is 5.68. The van der Waals surface area contributed by atoms with Gasteiger partial charge in [0, 0.05) is 21.1 Å². The number of benzene rings is 2. The first-order valence-electron chi connectivity index (χ1n) is 6.86. The van der Waals surface area contributed by atoms with E-state index in [-0.39, 0.29) is 0 Å². The van der Waals surface area contributed by atoms with Gasteiger partial charge in [-0.3, -0.25) is 0 Å². The van der Waals surface area contributed by atoms with Crippen LogP contribution in [0.15, 0.2) is 40.9 Å². The number of nitrogens with one attached hydrogen (secondary N) is 1. The molecular weight excluding hydrogens is 350 g/mol. The standard InChI is InChI=1S/C17H19BrClNO/c1-11-8-13(12(2)20-3)5-7-17(11)21-10-14-4-6-15(18)9-16(14)19/h4-9,12,20H,10H2,1-3H3. The molecule has 0 aliphatic rings. The molecule has 0 saturated carbocycles. The molecule has 0 heterocycles. The van der Waals surface area contributed by atoms with Gasteiger partial charge in [0.25, 0.3) is 0 Å². The van der Waals surface area contributed by atoms with E-state index >= 15 is 0 Å². The maximum atomic E-state index is 6.20. The van der Waals surface area contributed by atoms with Crippen LogP contribution in [-0.4, -0.2) is 7.05 Å². The fourth-order valence-corrected chi connectivity index (χ4v) is 2.79. The van der Waals surface area contributed by atoms with Gasteiger partial charge in [-0.15, -0.1) is 0 Å². The number of rotatable bonds is 5. The Morgan fingerprint density at radius 3 is 2.62 bits per heavy atom. The molecule has 2 aromatic rings. The van der Waals surface area contributed by atoms with Gasteiger partial charge >= 0.3 is 0 Å². The molecule has 4 heteroatoms. The molecular formula is C17H19BrClNO. The number of halogens is 2. The van der Waals surface area contributed by atoms with Crippen molar-refractivity contribution in [1.29, 1.82) is 0 Å². The van der Waals surface area contributed by atoms with Gasteiger partial charge in [0.1, 0.15) is 12.4 Å². The summed E-state index contributed by atoms with van der Waals surface area (Å²) in [5, 5.41) is 3.95. The highest BCUT2D eigenvalue weighted by Gasteiger charge is 2.07. The summed E-state index contributed by atoms with van der Waals surface area (Å²) in [5.41, 5.74) is 3.36. The monoisotopic (exact) mass is 367 g/mol. The van der Waals surface area contributed by atoms with Crippen LogP contribution in [0.5, 0.6) is 5.75 Å². The summed E-state index contributed by atoms with van der Waals surface area (Å²) in [7, 11) is 1.96. The first-order valence-corrected chi connectivity index (χ1v) is 8.03. The minimum absolute atomic E-state index is 0.332. The van der Waals surface area contributed by atoms with Crippen LogP contribution in [0.25, 0.3) is 0 Å². The van der Waals surface area contributed by atoms with Gasteiger partial charge in [0.2, 0.25) is 0 Å². The smallest absolute Gasteiger partial charge is 0.122 e. The number of aryl methyl sites for hydroxylation is 1. The lowest BCUT2D eigenvalue weighted by Gasteiger charge is -2.15. The number of ether oxygens (including phenoxy) is 1. The highest BCUT2D eigenvalue weighted by atomic mass is 79.9. The Morgan fingerprint density at radius 1 is 1.24 bits per heavy atom. The third kappa shape index (κ3) is 4.22. The average Bonchev–Trinajstić information content (AvgIpc) is 2.46. The second kappa shape index (κ2) is 7.30. The number of hydrogen-bond acceptors (Lipinski definition) is 2. The summed E-state index contributed by atoms with van der Waals surface area (Å²) in [6.45, 7) is 4.66. The molecule has 0 fully saturated rings. The molecule has 0 bridgehead atoms. The van der Waals surface area contributed by atoms with Crippen LogP contribution in [0.4, 0.5) is 0 Å². The molecule has 0 spiro atoms. The fourth-order valence-electron chi connectivity index (χ4n) is 2.06. The summed E-state index contributed by atoms with van der Waals surface area (Å²) >= 11 is 9.60. The van der Waals surface area contributed by atoms with Crippen LogP contribution in [0, 0.1) is 6.92 Å². The Balaban J connectivity index is 2.10. The van der Waals surface area contributed by atoms with Crippen molar-refractivity contribution in [2.75, 3.05) is 7.05 Å². The first-order chi connectivity index (χ1) is 10.0. The van der Waals surface area contributed by atoms with Crippen molar-refractivity contribution in [3.8, 4) is 5.75 Å². The van der Waals surface area contributed by atoms with E-state index in [0.717, 1.165) is 21.3 Å². The highest BCUT2D eigenvalue weighted by molar-refractivity contribution is 9.10. The zero-order valence-corrected chi connectivity index (χ0v) is 14.8. The zero-order chi connectivity index (χ0) is 15.4. The normalized spacial score (nSPS) is 12.2. The van der Waals surface area contributed by atoms with Crippen molar-refractivity contribution in [2.24, 2.45) is 0 Å². The van der Waals surface area contributed by atoms with E-state index in [4.69, 9.17) is 16.3 Å². The van der Waals surface area contributed by atoms with Gasteiger partial charge < -0.3 is 10.1 Å². The molecule has 0 amide bonds. The molecule has 0 saturated heterocycles. The summed E-state index contributed by atoms with van der Waals surface area (Å²) in [5.74, 6) is 0.890. The molecule has 112 valence electrons. The van der Waals surface area contributed by atoms with E-state index in [1.165, 1.54) is 5.56 Å². The molecule has 0 aliphatic carbocycles. The van der Waals surface area contributed by atoms with Gasteiger partial charge in [-0.25, -0.2) is 0 Å². The van der Waals surface area contributed by atoms with E-state index in [2.05, 4.69) is 47.2 Å². The predicted molar refractivity (Wildman–Crippen MR) is 92.1 cm³/mol. The molecule has 1 unspecified atom stereocenters. The van der Waals surface area contributed by atoms with Crippen molar-refractivity contribution < 1.29 is 4.74 Å². The number of hydrogen-bond donors (Lipinski definition) is 1. The molecule has 21 heavy (non-hydrogen) atoms. The third-order valence-electron chi connectivity index (χ3n) is 3.53. The van der Waals surface area contributed by atoms with Crippen molar-refractivity contribution in [2.45, 2.75) is 26.5 Å². The van der Waals surface area contributed by atoms with Gasteiger partial charge in [0.15, 0.2) is 0 Å². The van der Waals surface area contributed by atoms with Crippen LogP contribution in [0.1, 0.15) is 29.7 Å². The third-order valence-corrected chi connectivity index (χ3v) is 4.38. The SMILES string of the molecule is CNC(C)c1ccc(OCc2ccc(Br)cc2Cl)c(C)c1. The van der Waals surface area contributed by atoms with E-state index < -0.39 is 0 Å². The maximum Gasteiger partial charge on any atom is 0.122 e. The Hall–Kier alpha value is -1.03. The van der Waals surface area contributed by atoms with Crippen LogP contribution in [0.3, 0.4) is 0 Å². The zero-order valence-electron chi connectivity index (χ0n) is 12.4. The molecule has 2 aromatic carbocycles. The Labute approximate surface area is 139 Å². The lowest BCUT2D eigenvalue weighted by atomic mass is 10.1. The van der Waals surface area contributed by atoms with E-state index in [1.807, 2.05) is 31.3 Å². The molecule has 2 nitrogen and oxygen atoms in total. The summed E-state index contributed by atoms with van der Waals surface area (Å²) < 4.78 is 6.86. The predicted octanol–water partition coefficient (Wildman–Crippen LogP) is 5.27. The van der Waals surface area contributed by atoms with E-state index in [0.29, 0.717) is 17.7 Å². The molecule has 0 radical (unpaired) electrons. The van der Waals surface area contributed by atoms with Crippen molar-refractivity contribution in [3.63, 3.8) is 0 Å². The second-order valence-corrected chi connectivity index (χ2v) is 6.38. The van der Waals surface area contributed by atoms with Gasteiger partial charge in [0.05, 0.1) is 0 Å². The van der Waals surface area contributed by atoms with Gasteiger partial charge in [-0.2, -0.15) is 0 Å². The minimum atomic E-state index is 0.332. The topological polar surface area (TPSA) is 21.3 Å². The summed E-state index contributed by atoms with van der Waals surface area (Å²) in [6, 6.07) is 12.4. The quantitative estimate of drug-likeness (QED) is 0.776. The average molecular weight is 369 g/mol. The van der Waals surface area contributed by atoms with Crippen LogP contribution in [-0.2, 0) is 6.61 Å². The summed E-state index contributed by atoms with van der Waals surface area (Å²) in [4.78, 5) is 0. The fraction of sp³-hybridized carbons (Fsp3) is 0.294. The highest BCUT2D eigenvalue weighted by Crippen LogP contribution is 2.26. The van der Waals surface area contributed by atoms with Gasteiger partial charge in [-0.1, -0.05) is 45.7 Å². The van der Waals surface area contributed by atoms with E-state index in [9.17, 15) is 0 Å². The maximum absolute atomic E-state index is 6.20. The molecule has 1 atom stereocenters. The van der Waals surface area contributed by atoms with Crippen LogP contribution in [0.2, 0.25) is 5.02 Å². The Morgan fingerprint density at radius 2 is 2.00 bits per heavy atom. The molecule has 0 aromatic heterocycles. The lowest BCUT2D eigenvalue weighted by Crippen LogP contribution is -2.12. The van der Waals surface area contributed by atoms with E-state index in [1.54, 1.807) is 0 Å². The summed E-state index contributed by atoms with van der Waals surface area (Å²) in [6.07, 6.45) is 0. The van der Waals surface area contributed by atoms with Crippen molar-refractivity contribution in [1.82, 2.24) is 5.32 Å². The lowest BCUT2D eigenvalue weighted by molar-refractivity contribution is 0.304. The van der Waals surface area contributed by atoms with Crippen molar-refractivity contribution in [3.05, 3.63) is 62.6 Å². The molecule has 2 rings (SSSR count). The van der Waals surface area contributed by atoms with Gasteiger partial charge in [-0.05, 0) is 50.2 Å². The molecule has 0 aliphatic heterocycles. The Bertz CT molecular complexity index is 630. The molecule has 1 N–H and O–H groups in total. The first kappa shape index (κ1) is 16.3. The van der Waals surface area contributed by atoms with Crippen LogP contribution >= 0.6 is 27.5 Å². The van der Waals surface area contributed by atoms with Crippen molar-refractivity contribution >= 4 is 27.5 Å². The minimum Gasteiger partial charge on any atom is -0.489 e. The van der Waals surface area contributed by atoms with Crippen LogP contribution < -0.4 is 10.1 Å². The largest absolute Gasteiger partial charge is 0.489 e. The second-order valence-electron chi connectivity index (χ2n) is 5.06.